The number of hydrogen-bond donors (Lipinski definition) is 2. The van der Waals surface area contributed by atoms with E-state index in [-0.39, 0.29) is 34.5 Å². The highest BCUT2D eigenvalue weighted by Crippen LogP contribution is 2.43. The number of rotatable bonds is 21. The van der Waals surface area contributed by atoms with Crippen LogP contribution in [0.1, 0.15) is 78.1 Å². The number of ether oxygens (including phenoxy) is 4. The molecule has 0 spiro atoms. The van der Waals surface area contributed by atoms with Gasteiger partial charge >= 0.3 is 12.3 Å². The molecule has 1 unspecified atom stereocenters. The van der Waals surface area contributed by atoms with Gasteiger partial charge in [0.1, 0.15) is 11.5 Å². The van der Waals surface area contributed by atoms with Crippen molar-refractivity contribution in [2.75, 3.05) is 25.5 Å². The predicted molar refractivity (Wildman–Crippen MR) is 174 cm³/mol. The molecule has 1 atom stereocenters. The molecule has 0 bridgehead atoms. The van der Waals surface area contributed by atoms with Crippen molar-refractivity contribution in [2.24, 2.45) is 0 Å². The second-order valence-electron chi connectivity index (χ2n) is 10.8. The van der Waals surface area contributed by atoms with Crippen LogP contribution in [0, 0.1) is 0 Å². The van der Waals surface area contributed by atoms with Gasteiger partial charge in [0.15, 0.2) is 0 Å². The lowest BCUT2D eigenvalue weighted by molar-refractivity contribution is 0.104. The Labute approximate surface area is 273 Å². The summed E-state index contributed by atoms with van der Waals surface area (Å²) in [7, 11) is -9.46. The quantitative estimate of drug-likeness (QED) is 0.0426. The summed E-state index contributed by atoms with van der Waals surface area (Å²) in [5.41, 5.74) is 0.305. The molecule has 258 valence electrons. The van der Waals surface area contributed by atoms with E-state index in [2.05, 4.69) is 13.8 Å². The molecule has 0 heterocycles. The fraction of sp³-hybridized carbons (Fsp3) is 0.548. The van der Waals surface area contributed by atoms with Crippen molar-refractivity contribution in [2.45, 2.75) is 93.5 Å². The highest BCUT2D eigenvalue weighted by atomic mass is 32.2. The molecule has 0 aliphatic heterocycles. The molecule has 0 amide bonds. The fourth-order valence-corrected chi connectivity index (χ4v) is 7.85. The van der Waals surface area contributed by atoms with Crippen molar-refractivity contribution in [3.8, 4) is 11.5 Å². The van der Waals surface area contributed by atoms with E-state index in [1.165, 1.54) is 69.2 Å². The van der Waals surface area contributed by atoms with Crippen molar-refractivity contribution < 1.29 is 54.5 Å². The van der Waals surface area contributed by atoms with Gasteiger partial charge in [-0.2, -0.15) is 16.8 Å². The second-order valence-corrected chi connectivity index (χ2v) is 16.6. The molecule has 2 N–H and O–H groups in total. The van der Waals surface area contributed by atoms with Crippen LogP contribution in [0.5, 0.6) is 11.5 Å². The Morgan fingerprint density at radius 2 is 1.02 bits per heavy atom. The van der Waals surface area contributed by atoms with Gasteiger partial charge in [0.2, 0.25) is 0 Å². The van der Waals surface area contributed by atoms with Gasteiger partial charge in [-0.05, 0) is 60.6 Å². The minimum absolute atomic E-state index is 0.0536. The van der Waals surface area contributed by atoms with Crippen LogP contribution in [0.2, 0.25) is 0 Å². The van der Waals surface area contributed by atoms with Gasteiger partial charge in [-0.25, -0.2) is 9.59 Å². The predicted octanol–water partition coefficient (Wildman–Crippen LogP) is 7.70. The van der Waals surface area contributed by atoms with Crippen LogP contribution in [0.3, 0.4) is 0 Å². The van der Waals surface area contributed by atoms with Crippen LogP contribution in [0.25, 0.3) is 0 Å². The molecular formula is C31H45O12PS2. The largest absolute Gasteiger partial charge is 0.513 e. The summed E-state index contributed by atoms with van der Waals surface area (Å²) in [4.78, 5) is 23.8. The molecule has 2 aromatic rings. The normalized spacial score (nSPS) is 12.5. The molecule has 0 aromatic heterocycles. The number of carbonyl (C=O) groups is 2. The fourth-order valence-electron chi connectivity index (χ4n) is 4.59. The third-order valence-corrected chi connectivity index (χ3v) is 11.9. The summed E-state index contributed by atoms with van der Waals surface area (Å²) in [6.45, 7) is 4.49. The maximum Gasteiger partial charge on any atom is 0.513 e. The van der Waals surface area contributed by atoms with E-state index in [4.69, 9.17) is 28.1 Å². The molecule has 0 aliphatic rings. The average Bonchev–Trinajstić information content (AvgIpc) is 2.99. The molecule has 2 rings (SSSR count). The Morgan fingerprint density at radius 3 is 1.39 bits per heavy atom. The maximum atomic E-state index is 12.2. The summed E-state index contributed by atoms with van der Waals surface area (Å²) in [5.74, 6) is 0.107. The summed E-state index contributed by atoms with van der Waals surface area (Å²) < 4.78 is 83.6. The Morgan fingerprint density at radius 1 is 0.652 bits per heavy atom. The minimum atomic E-state index is -4.37. The van der Waals surface area contributed by atoms with Gasteiger partial charge in [-0.15, -0.1) is 0 Å². The lowest BCUT2D eigenvalue weighted by atomic mass is 10.1. The van der Waals surface area contributed by atoms with E-state index in [1.54, 1.807) is 0 Å². The Hall–Kier alpha value is -2.77. The highest BCUT2D eigenvalue weighted by molar-refractivity contribution is 7.86. The van der Waals surface area contributed by atoms with Gasteiger partial charge in [-0.3, -0.25) is 9.11 Å². The monoisotopic (exact) mass is 704 g/mol. The van der Waals surface area contributed by atoms with Crippen LogP contribution in [-0.4, -0.2) is 69.4 Å². The highest BCUT2D eigenvalue weighted by Gasteiger charge is 2.19. The summed E-state index contributed by atoms with van der Waals surface area (Å²) in [5, 5.41) is 0. The Bertz CT molecular complexity index is 1320. The first kappa shape index (κ1) is 39.4. The first-order valence-corrected chi connectivity index (χ1v) is 20.0. The van der Waals surface area contributed by atoms with Crippen LogP contribution in [0.15, 0.2) is 58.3 Å². The number of carbonyl (C=O) groups excluding carboxylic acids is 2. The zero-order valence-electron chi connectivity index (χ0n) is 26.3. The average molecular weight is 705 g/mol. The zero-order valence-corrected chi connectivity index (χ0v) is 28.9. The van der Waals surface area contributed by atoms with Crippen LogP contribution in [-0.2, 0) is 29.7 Å². The van der Waals surface area contributed by atoms with E-state index in [0.717, 1.165) is 43.5 Å². The third kappa shape index (κ3) is 16.2. The van der Waals surface area contributed by atoms with Gasteiger partial charge in [0, 0.05) is 12.3 Å². The number of benzene rings is 2. The topological polar surface area (TPSA) is 180 Å². The van der Waals surface area contributed by atoms with Crippen LogP contribution in [0.4, 0.5) is 9.59 Å². The standard InChI is InChI=1S/C31H45O12PS2/c1-3-4-5-6-7-8-9-10-11-12-25(2)44(23-21-40-30(32)42-26-13-17-28(18-14-26)45(34,35)36)24-22-41-31(33)43-27-15-19-29(20-16-27)46(37,38)39/h13-20,25H,3-12,21-24H2,1-2H3,(H,34,35,36)(H,37,38,39). The molecule has 0 radical (unpaired) electrons. The summed E-state index contributed by atoms with van der Waals surface area (Å²) >= 11 is 0. The van der Waals surface area contributed by atoms with Crippen molar-refractivity contribution in [1.82, 2.24) is 0 Å². The first-order chi connectivity index (χ1) is 21.8. The number of hydrogen-bond acceptors (Lipinski definition) is 10. The number of unbranched alkanes of at least 4 members (excludes halogenated alkanes) is 8. The smallest absolute Gasteiger partial charge is 0.434 e. The van der Waals surface area contributed by atoms with E-state index in [9.17, 15) is 26.4 Å². The van der Waals surface area contributed by atoms with Gasteiger partial charge in [0.05, 0.1) is 23.0 Å². The van der Waals surface area contributed by atoms with Crippen molar-refractivity contribution >= 4 is 40.5 Å². The van der Waals surface area contributed by atoms with Crippen LogP contribution < -0.4 is 9.47 Å². The van der Waals surface area contributed by atoms with Crippen molar-refractivity contribution in [3.63, 3.8) is 0 Å². The summed E-state index contributed by atoms with van der Waals surface area (Å²) in [6.07, 6.45) is 11.2. The SMILES string of the molecule is CCCCCCCCCCCC(C)P(CCOC(=O)Oc1ccc(S(=O)(=O)O)cc1)CCOC(=O)Oc1ccc(S(=O)(=O)O)cc1. The van der Waals surface area contributed by atoms with Gasteiger partial charge < -0.3 is 18.9 Å². The minimum Gasteiger partial charge on any atom is -0.434 e. The third-order valence-electron chi connectivity index (χ3n) is 7.19. The van der Waals surface area contributed by atoms with E-state index in [0.29, 0.717) is 18.0 Å². The van der Waals surface area contributed by atoms with Gasteiger partial charge in [-0.1, -0.05) is 79.6 Å². The van der Waals surface area contributed by atoms with E-state index in [1.807, 2.05) is 0 Å². The Kier molecular flexibility index (Phi) is 17.5. The van der Waals surface area contributed by atoms with Crippen molar-refractivity contribution in [1.29, 1.82) is 0 Å². The zero-order chi connectivity index (χ0) is 34.0. The van der Waals surface area contributed by atoms with Gasteiger partial charge in [0.25, 0.3) is 20.2 Å². The maximum absolute atomic E-state index is 12.2. The molecule has 15 heteroatoms. The first-order valence-electron chi connectivity index (χ1n) is 15.4. The molecule has 46 heavy (non-hydrogen) atoms. The lowest BCUT2D eigenvalue weighted by Gasteiger charge is -2.24. The van der Waals surface area contributed by atoms with Crippen LogP contribution >= 0.6 is 7.92 Å². The second kappa shape index (κ2) is 20.5. The molecule has 2 aromatic carbocycles. The lowest BCUT2D eigenvalue weighted by Crippen LogP contribution is -2.18. The molecule has 0 aliphatic carbocycles. The molecule has 12 nitrogen and oxygen atoms in total. The van der Waals surface area contributed by atoms with Crippen molar-refractivity contribution in [3.05, 3.63) is 48.5 Å². The molecule has 0 saturated heterocycles. The Balaban J connectivity index is 1.84. The van der Waals surface area contributed by atoms with E-state index >= 15 is 0 Å². The molecular weight excluding hydrogens is 659 g/mol. The molecule has 0 fully saturated rings. The summed E-state index contributed by atoms with van der Waals surface area (Å²) in [6, 6.07) is 9.31. The molecule has 0 saturated carbocycles. The van der Waals surface area contributed by atoms with E-state index < -0.39 is 40.5 Å².